The average Bonchev–Trinajstić information content (AvgIpc) is 2.76. The molecule has 9 heteroatoms. The number of esters is 1. The molecular formula is C22H15Cl2N3O4. The highest BCUT2D eigenvalue weighted by molar-refractivity contribution is 6.39. The van der Waals surface area contributed by atoms with E-state index in [0.29, 0.717) is 26.9 Å². The number of benzene rings is 3. The van der Waals surface area contributed by atoms with Gasteiger partial charge < -0.3 is 10.1 Å². The van der Waals surface area contributed by atoms with E-state index in [1.54, 1.807) is 72.8 Å². The lowest BCUT2D eigenvalue weighted by Crippen LogP contribution is -2.32. The summed E-state index contributed by atoms with van der Waals surface area (Å²) in [6.45, 7) is 0. The molecule has 0 aromatic heterocycles. The first-order valence-electron chi connectivity index (χ1n) is 8.89. The summed E-state index contributed by atoms with van der Waals surface area (Å²) in [6.07, 6.45) is 1.26. The van der Waals surface area contributed by atoms with Crippen molar-refractivity contribution in [3.05, 3.63) is 94.0 Å². The Morgan fingerprint density at radius 1 is 0.806 bits per heavy atom. The monoisotopic (exact) mass is 455 g/mol. The van der Waals surface area contributed by atoms with Crippen molar-refractivity contribution in [1.29, 1.82) is 0 Å². The van der Waals surface area contributed by atoms with Crippen LogP contribution < -0.4 is 15.5 Å². The van der Waals surface area contributed by atoms with E-state index >= 15 is 0 Å². The fraction of sp³-hybridized carbons (Fsp3) is 0. The summed E-state index contributed by atoms with van der Waals surface area (Å²) in [4.78, 5) is 36.1. The fourth-order valence-electron chi connectivity index (χ4n) is 2.36. The maximum absolute atomic E-state index is 12.3. The number of amides is 2. The van der Waals surface area contributed by atoms with Crippen molar-refractivity contribution in [2.45, 2.75) is 0 Å². The maximum Gasteiger partial charge on any atom is 0.343 e. The van der Waals surface area contributed by atoms with E-state index in [2.05, 4.69) is 15.8 Å². The van der Waals surface area contributed by atoms with Gasteiger partial charge in [-0.1, -0.05) is 35.3 Å². The molecule has 7 nitrogen and oxygen atoms in total. The minimum atomic E-state index is -0.971. The highest BCUT2D eigenvalue weighted by atomic mass is 35.5. The number of carbonyl (C=O) groups is 3. The van der Waals surface area contributed by atoms with Gasteiger partial charge in [-0.3, -0.25) is 9.59 Å². The Bertz CT molecular complexity index is 1130. The van der Waals surface area contributed by atoms with E-state index in [4.69, 9.17) is 27.9 Å². The predicted octanol–water partition coefficient (Wildman–Crippen LogP) is 4.30. The van der Waals surface area contributed by atoms with Crippen molar-refractivity contribution in [1.82, 2.24) is 5.43 Å². The SMILES string of the molecule is O=C(N/N=C\c1ccccc1OC(=O)c1ccc(Cl)cc1)C(=O)Nc1ccc(Cl)cc1. The van der Waals surface area contributed by atoms with Crippen LogP contribution in [0.25, 0.3) is 0 Å². The molecule has 0 unspecified atom stereocenters. The zero-order chi connectivity index (χ0) is 22.2. The van der Waals surface area contributed by atoms with Gasteiger partial charge in [0.05, 0.1) is 11.8 Å². The molecule has 0 aliphatic carbocycles. The van der Waals surface area contributed by atoms with Crippen molar-refractivity contribution in [2.24, 2.45) is 5.10 Å². The van der Waals surface area contributed by atoms with Crippen LogP contribution in [-0.2, 0) is 9.59 Å². The Balaban J connectivity index is 1.61. The normalized spacial score (nSPS) is 10.5. The van der Waals surface area contributed by atoms with E-state index in [0.717, 1.165) is 0 Å². The quantitative estimate of drug-likeness (QED) is 0.197. The number of nitrogens with zero attached hydrogens (tertiary/aromatic N) is 1. The molecule has 0 radical (unpaired) electrons. The second-order valence-electron chi connectivity index (χ2n) is 6.09. The largest absolute Gasteiger partial charge is 0.422 e. The van der Waals surface area contributed by atoms with Gasteiger partial charge in [0.2, 0.25) is 0 Å². The molecule has 3 aromatic rings. The van der Waals surface area contributed by atoms with Crippen LogP contribution in [0, 0.1) is 0 Å². The Morgan fingerprint density at radius 3 is 2.10 bits per heavy atom. The van der Waals surface area contributed by atoms with Gasteiger partial charge in [-0.2, -0.15) is 5.10 Å². The van der Waals surface area contributed by atoms with Gasteiger partial charge in [-0.05, 0) is 60.7 Å². The third kappa shape index (κ3) is 6.40. The average molecular weight is 456 g/mol. The lowest BCUT2D eigenvalue weighted by atomic mass is 10.2. The molecule has 3 aromatic carbocycles. The first kappa shape index (κ1) is 22.0. The first-order valence-corrected chi connectivity index (χ1v) is 9.65. The number of rotatable bonds is 5. The Kier molecular flexibility index (Phi) is 7.37. The summed E-state index contributed by atoms with van der Waals surface area (Å²) < 4.78 is 5.39. The predicted molar refractivity (Wildman–Crippen MR) is 119 cm³/mol. The van der Waals surface area contributed by atoms with E-state index < -0.39 is 17.8 Å². The van der Waals surface area contributed by atoms with E-state index in [9.17, 15) is 14.4 Å². The van der Waals surface area contributed by atoms with Crippen molar-refractivity contribution in [3.8, 4) is 5.75 Å². The molecule has 0 fully saturated rings. The number of hydrazone groups is 1. The molecule has 0 aliphatic heterocycles. The van der Waals surface area contributed by atoms with Crippen LogP contribution in [0.5, 0.6) is 5.75 Å². The summed E-state index contributed by atoms with van der Waals surface area (Å²) in [7, 11) is 0. The second kappa shape index (κ2) is 10.4. The molecule has 0 spiro atoms. The molecule has 0 saturated heterocycles. The van der Waals surface area contributed by atoms with Crippen LogP contribution in [0.15, 0.2) is 77.9 Å². The summed E-state index contributed by atoms with van der Waals surface area (Å²) in [5, 5.41) is 7.17. The van der Waals surface area contributed by atoms with Gasteiger partial charge in [-0.25, -0.2) is 10.2 Å². The minimum absolute atomic E-state index is 0.228. The Morgan fingerprint density at radius 2 is 1.42 bits per heavy atom. The lowest BCUT2D eigenvalue weighted by Gasteiger charge is -2.07. The standard InChI is InChI=1S/C22H15Cl2N3O4/c23-16-7-5-14(6-8-16)22(30)31-19-4-2-1-3-15(19)13-25-27-21(29)20(28)26-18-11-9-17(24)10-12-18/h1-13H,(H,26,28)(H,27,29)/b25-13-. The Labute approximate surface area is 187 Å². The highest BCUT2D eigenvalue weighted by Gasteiger charge is 2.14. The van der Waals surface area contributed by atoms with E-state index in [-0.39, 0.29) is 5.75 Å². The third-order valence-corrected chi connectivity index (χ3v) is 4.38. The van der Waals surface area contributed by atoms with Crippen molar-refractivity contribution in [2.75, 3.05) is 5.32 Å². The molecule has 0 atom stereocenters. The minimum Gasteiger partial charge on any atom is -0.422 e. The van der Waals surface area contributed by atoms with E-state index in [1.807, 2.05) is 0 Å². The van der Waals surface area contributed by atoms with Crippen molar-refractivity contribution >= 4 is 52.9 Å². The van der Waals surface area contributed by atoms with Crippen molar-refractivity contribution < 1.29 is 19.1 Å². The number of ether oxygens (including phenoxy) is 1. The number of carbonyl (C=O) groups excluding carboxylic acids is 3. The van der Waals surface area contributed by atoms with Gasteiger partial charge in [0, 0.05) is 21.3 Å². The van der Waals surface area contributed by atoms with Crippen LogP contribution in [-0.4, -0.2) is 24.0 Å². The smallest absolute Gasteiger partial charge is 0.343 e. The maximum atomic E-state index is 12.3. The molecule has 2 N–H and O–H groups in total. The Hall–Kier alpha value is -3.68. The second-order valence-corrected chi connectivity index (χ2v) is 6.97. The van der Waals surface area contributed by atoms with Crippen LogP contribution in [0.2, 0.25) is 10.0 Å². The van der Waals surface area contributed by atoms with Crippen LogP contribution in [0.3, 0.4) is 0 Å². The molecule has 2 amide bonds. The summed E-state index contributed by atoms with van der Waals surface area (Å²) in [6, 6.07) is 19.1. The van der Waals surface area contributed by atoms with Gasteiger partial charge in [0.15, 0.2) is 0 Å². The fourth-order valence-corrected chi connectivity index (χ4v) is 2.61. The number of halogens is 2. The summed E-state index contributed by atoms with van der Waals surface area (Å²) in [5.41, 5.74) is 3.27. The summed E-state index contributed by atoms with van der Waals surface area (Å²) in [5.74, 6) is -2.22. The molecule has 0 saturated carbocycles. The van der Waals surface area contributed by atoms with Crippen molar-refractivity contribution in [3.63, 3.8) is 0 Å². The van der Waals surface area contributed by atoms with Gasteiger partial charge in [0.25, 0.3) is 0 Å². The zero-order valence-electron chi connectivity index (χ0n) is 15.8. The number of nitrogens with one attached hydrogen (secondary N) is 2. The van der Waals surface area contributed by atoms with Crippen LogP contribution in [0.4, 0.5) is 5.69 Å². The highest BCUT2D eigenvalue weighted by Crippen LogP contribution is 2.18. The third-order valence-electron chi connectivity index (χ3n) is 3.88. The molecule has 0 heterocycles. The molecule has 0 aliphatic rings. The molecular weight excluding hydrogens is 441 g/mol. The topological polar surface area (TPSA) is 96.9 Å². The number of anilines is 1. The van der Waals surface area contributed by atoms with Crippen LogP contribution in [0.1, 0.15) is 15.9 Å². The summed E-state index contributed by atoms with van der Waals surface area (Å²) >= 11 is 11.6. The van der Waals surface area contributed by atoms with Gasteiger partial charge in [-0.15, -0.1) is 0 Å². The van der Waals surface area contributed by atoms with Gasteiger partial charge in [0.1, 0.15) is 5.75 Å². The molecule has 156 valence electrons. The lowest BCUT2D eigenvalue weighted by molar-refractivity contribution is -0.136. The van der Waals surface area contributed by atoms with Gasteiger partial charge >= 0.3 is 17.8 Å². The zero-order valence-corrected chi connectivity index (χ0v) is 17.4. The molecule has 0 bridgehead atoms. The van der Waals surface area contributed by atoms with Crippen LogP contribution >= 0.6 is 23.2 Å². The number of para-hydroxylation sites is 1. The molecule has 3 rings (SSSR count). The molecule has 31 heavy (non-hydrogen) atoms. The number of hydrogen-bond donors (Lipinski definition) is 2. The van der Waals surface area contributed by atoms with E-state index in [1.165, 1.54) is 6.21 Å². The first-order chi connectivity index (χ1) is 14.9. The number of hydrogen-bond acceptors (Lipinski definition) is 5.